The van der Waals surface area contributed by atoms with Crippen LogP contribution in [0.15, 0.2) is 22.7 Å². The summed E-state index contributed by atoms with van der Waals surface area (Å²) in [5, 5.41) is 2.87. The van der Waals surface area contributed by atoms with Crippen molar-refractivity contribution in [1.82, 2.24) is 5.32 Å². The van der Waals surface area contributed by atoms with Gasteiger partial charge in [0.2, 0.25) is 5.91 Å². The Morgan fingerprint density at radius 2 is 2.29 bits per heavy atom. The highest BCUT2D eigenvalue weighted by Gasteiger charge is 2.22. The van der Waals surface area contributed by atoms with Crippen molar-refractivity contribution in [2.24, 2.45) is 0 Å². The fourth-order valence-corrected chi connectivity index (χ4v) is 1.84. The van der Waals surface area contributed by atoms with Gasteiger partial charge in [-0.05, 0) is 47.0 Å². The van der Waals surface area contributed by atoms with Crippen LogP contribution in [-0.2, 0) is 4.79 Å². The molecule has 92 valence electrons. The molecule has 2 rings (SSSR count). The third-order valence-electron chi connectivity index (χ3n) is 2.42. The first-order valence-corrected chi connectivity index (χ1v) is 6.31. The van der Waals surface area contributed by atoms with Crippen molar-refractivity contribution >= 4 is 21.8 Å². The molecule has 0 spiro atoms. The molecule has 17 heavy (non-hydrogen) atoms. The second-order valence-corrected chi connectivity index (χ2v) is 4.87. The first kappa shape index (κ1) is 12.4. The van der Waals surface area contributed by atoms with Gasteiger partial charge in [0.1, 0.15) is 11.6 Å². The Hall–Kier alpha value is -1.10. The lowest BCUT2D eigenvalue weighted by Crippen LogP contribution is -2.26. The van der Waals surface area contributed by atoms with E-state index in [0.717, 1.165) is 12.8 Å². The molecule has 0 bridgehead atoms. The van der Waals surface area contributed by atoms with E-state index in [2.05, 4.69) is 21.2 Å². The van der Waals surface area contributed by atoms with Gasteiger partial charge in [0.25, 0.3) is 0 Å². The fraction of sp³-hybridized carbons (Fsp3) is 0.417. The van der Waals surface area contributed by atoms with Crippen LogP contribution < -0.4 is 10.1 Å². The van der Waals surface area contributed by atoms with E-state index in [1.54, 1.807) is 0 Å². The van der Waals surface area contributed by atoms with Crippen LogP contribution in [0.1, 0.15) is 19.3 Å². The van der Waals surface area contributed by atoms with Crippen LogP contribution in [-0.4, -0.2) is 18.6 Å². The van der Waals surface area contributed by atoms with E-state index < -0.39 is 0 Å². The number of amides is 1. The molecule has 3 nitrogen and oxygen atoms in total. The molecule has 1 saturated carbocycles. The number of rotatable bonds is 5. The molecule has 1 aliphatic rings. The van der Waals surface area contributed by atoms with Gasteiger partial charge in [0.15, 0.2) is 0 Å². The smallest absolute Gasteiger partial charge is 0.223 e. The summed E-state index contributed by atoms with van der Waals surface area (Å²) in [5.41, 5.74) is 0. The van der Waals surface area contributed by atoms with E-state index in [-0.39, 0.29) is 11.7 Å². The summed E-state index contributed by atoms with van der Waals surface area (Å²) in [4.78, 5) is 11.4. The molecule has 1 N–H and O–H groups in total. The maximum Gasteiger partial charge on any atom is 0.223 e. The lowest BCUT2D eigenvalue weighted by atomic mass is 10.3. The molecule has 0 aliphatic heterocycles. The lowest BCUT2D eigenvalue weighted by molar-refractivity contribution is -0.121. The topological polar surface area (TPSA) is 38.3 Å². The third kappa shape index (κ3) is 4.00. The van der Waals surface area contributed by atoms with Gasteiger partial charge < -0.3 is 10.1 Å². The highest BCUT2D eigenvalue weighted by molar-refractivity contribution is 9.10. The van der Waals surface area contributed by atoms with Crippen LogP contribution in [0.25, 0.3) is 0 Å². The van der Waals surface area contributed by atoms with Gasteiger partial charge in [-0.1, -0.05) is 0 Å². The fourth-order valence-electron chi connectivity index (χ4n) is 1.37. The lowest BCUT2D eigenvalue weighted by Gasteiger charge is -2.08. The molecule has 0 aromatic heterocycles. The van der Waals surface area contributed by atoms with Gasteiger partial charge in [0.05, 0.1) is 17.5 Å². The summed E-state index contributed by atoms with van der Waals surface area (Å²) < 4.78 is 18.7. The van der Waals surface area contributed by atoms with Gasteiger partial charge in [0, 0.05) is 6.04 Å². The van der Waals surface area contributed by atoms with Crippen LogP contribution in [0.2, 0.25) is 0 Å². The standard InChI is InChI=1S/C12H13BrFNO2/c13-10-7-8(14)1-4-11(10)17-6-5-12(16)15-9-2-3-9/h1,4,7,9H,2-3,5-6H2,(H,15,16). The molecule has 0 unspecified atom stereocenters. The molecule has 0 heterocycles. The minimum absolute atomic E-state index is 0.00531. The Morgan fingerprint density at radius 1 is 1.53 bits per heavy atom. The maximum absolute atomic E-state index is 12.8. The number of benzene rings is 1. The summed E-state index contributed by atoms with van der Waals surface area (Å²) in [7, 11) is 0. The van der Waals surface area contributed by atoms with Crippen LogP contribution in [0.3, 0.4) is 0 Å². The van der Waals surface area contributed by atoms with Crippen LogP contribution in [0, 0.1) is 5.82 Å². The summed E-state index contributed by atoms with van der Waals surface area (Å²) >= 11 is 3.20. The number of nitrogens with one attached hydrogen (secondary N) is 1. The van der Waals surface area contributed by atoms with E-state index in [1.807, 2.05) is 0 Å². The quantitative estimate of drug-likeness (QED) is 0.908. The zero-order valence-electron chi connectivity index (χ0n) is 9.21. The summed E-state index contributed by atoms with van der Waals surface area (Å²) in [6.07, 6.45) is 2.48. The van der Waals surface area contributed by atoms with Crippen molar-refractivity contribution in [3.05, 3.63) is 28.5 Å². The summed E-state index contributed by atoms with van der Waals surface area (Å²) in [5.74, 6) is 0.229. The van der Waals surface area contributed by atoms with E-state index in [0.29, 0.717) is 29.3 Å². The summed E-state index contributed by atoms with van der Waals surface area (Å²) in [6, 6.07) is 4.57. The average molecular weight is 302 g/mol. The number of carbonyl (C=O) groups excluding carboxylic acids is 1. The molecule has 1 fully saturated rings. The number of carbonyl (C=O) groups is 1. The van der Waals surface area contributed by atoms with Gasteiger partial charge in [-0.25, -0.2) is 4.39 Å². The molecule has 0 saturated heterocycles. The molecule has 1 aromatic rings. The first-order chi connectivity index (χ1) is 8.15. The average Bonchev–Trinajstić information content (AvgIpc) is 3.05. The third-order valence-corrected chi connectivity index (χ3v) is 3.04. The van der Waals surface area contributed by atoms with Gasteiger partial charge >= 0.3 is 0 Å². The van der Waals surface area contributed by atoms with E-state index in [4.69, 9.17) is 4.74 Å². The predicted octanol–water partition coefficient (Wildman–Crippen LogP) is 2.64. The Kier molecular flexibility index (Phi) is 3.99. The normalized spacial score (nSPS) is 14.5. The van der Waals surface area contributed by atoms with Gasteiger partial charge in [-0.3, -0.25) is 4.79 Å². The van der Waals surface area contributed by atoms with E-state index >= 15 is 0 Å². The zero-order valence-corrected chi connectivity index (χ0v) is 10.8. The Morgan fingerprint density at radius 3 is 2.94 bits per heavy atom. The number of ether oxygens (including phenoxy) is 1. The molecule has 1 aromatic carbocycles. The minimum Gasteiger partial charge on any atom is -0.492 e. The largest absolute Gasteiger partial charge is 0.492 e. The van der Waals surface area contributed by atoms with Crippen molar-refractivity contribution in [2.75, 3.05) is 6.61 Å². The van der Waals surface area contributed by atoms with Crippen LogP contribution >= 0.6 is 15.9 Å². The van der Waals surface area contributed by atoms with Crippen molar-refractivity contribution in [3.63, 3.8) is 0 Å². The highest BCUT2D eigenvalue weighted by Crippen LogP contribution is 2.25. The maximum atomic E-state index is 12.8. The highest BCUT2D eigenvalue weighted by atomic mass is 79.9. The Balaban J connectivity index is 1.75. The molecule has 0 atom stereocenters. The van der Waals surface area contributed by atoms with Crippen molar-refractivity contribution in [3.8, 4) is 5.75 Å². The van der Waals surface area contributed by atoms with Crippen molar-refractivity contribution in [2.45, 2.75) is 25.3 Å². The van der Waals surface area contributed by atoms with E-state index in [9.17, 15) is 9.18 Å². The Labute approximate surface area is 107 Å². The molecular formula is C12H13BrFNO2. The molecule has 1 aliphatic carbocycles. The summed E-state index contributed by atoms with van der Waals surface area (Å²) in [6.45, 7) is 0.294. The van der Waals surface area contributed by atoms with Gasteiger partial charge in [-0.15, -0.1) is 0 Å². The molecule has 0 radical (unpaired) electrons. The predicted molar refractivity (Wildman–Crippen MR) is 65.4 cm³/mol. The molecule has 5 heteroatoms. The number of halogens is 2. The zero-order chi connectivity index (χ0) is 12.3. The number of hydrogen-bond donors (Lipinski definition) is 1. The second kappa shape index (κ2) is 5.49. The Bertz CT molecular complexity index is 421. The van der Waals surface area contributed by atoms with Gasteiger partial charge in [-0.2, -0.15) is 0 Å². The second-order valence-electron chi connectivity index (χ2n) is 4.01. The first-order valence-electron chi connectivity index (χ1n) is 5.52. The van der Waals surface area contributed by atoms with Crippen LogP contribution in [0.5, 0.6) is 5.75 Å². The van der Waals surface area contributed by atoms with Crippen molar-refractivity contribution < 1.29 is 13.9 Å². The monoisotopic (exact) mass is 301 g/mol. The minimum atomic E-state index is -0.323. The molecular weight excluding hydrogens is 289 g/mol. The SMILES string of the molecule is O=C(CCOc1ccc(F)cc1Br)NC1CC1. The molecule has 1 amide bonds. The number of hydrogen-bond acceptors (Lipinski definition) is 2. The van der Waals surface area contributed by atoms with Crippen molar-refractivity contribution in [1.29, 1.82) is 0 Å². The van der Waals surface area contributed by atoms with Crippen LogP contribution in [0.4, 0.5) is 4.39 Å². The van der Waals surface area contributed by atoms with E-state index in [1.165, 1.54) is 18.2 Å².